The quantitative estimate of drug-likeness (QED) is 0.393. The molecule has 2 rings (SSSR count). The molecule has 2 aromatic rings. The van der Waals surface area contributed by atoms with Crippen LogP contribution >= 0.6 is 0 Å². The second kappa shape index (κ2) is 7.36. The maximum Gasteiger partial charge on any atom is 0.259 e. The van der Waals surface area contributed by atoms with Crippen LogP contribution in [0.3, 0.4) is 0 Å². The van der Waals surface area contributed by atoms with Gasteiger partial charge in [-0.2, -0.15) is 0 Å². The van der Waals surface area contributed by atoms with Gasteiger partial charge in [-0.25, -0.2) is 0 Å². The zero-order chi connectivity index (χ0) is 15.9. The van der Waals surface area contributed by atoms with Gasteiger partial charge in [0.15, 0.2) is 5.78 Å². The Kier molecular flexibility index (Phi) is 5.26. The zero-order valence-electron chi connectivity index (χ0n) is 12.7. The van der Waals surface area contributed by atoms with Crippen LogP contribution in [-0.4, -0.2) is 11.7 Å². The van der Waals surface area contributed by atoms with Crippen molar-refractivity contribution in [3.8, 4) is 0 Å². The number of para-hydroxylation sites is 1. The fourth-order valence-corrected chi connectivity index (χ4v) is 2.00. The number of ketones is 1. The number of benzene rings is 2. The van der Waals surface area contributed by atoms with E-state index >= 15 is 0 Å². The summed E-state index contributed by atoms with van der Waals surface area (Å²) in [5.41, 5.74) is 1.67. The topological polar surface area (TPSA) is 46.2 Å². The second-order valence-corrected chi connectivity index (χ2v) is 5.31. The highest BCUT2D eigenvalue weighted by molar-refractivity contribution is 6.26. The monoisotopic (exact) mass is 300 g/mol. The number of hydrogen-bond donors (Lipinski definition) is 1. The van der Waals surface area contributed by atoms with Gasteiger partial charge in [-0.3, -0.25) is 9.59 Å². The molecule has 2 aromatic carbocycles. The average Bonchev–Trinajstić information content (AvgIpc) is 2.53. The molecule has 0 bridgehead atoms. The number of carbonyl (C=O) groups is 2. The summed E-state index contributed by atoms with van der Waals surface area (Å²) < 4.78 is 0. The highest BCUT2D eigenvalue weighted by atomic mass is 16.2. The SMILES string of the molecule is CC(C)C(=O)/C(=[13CH]/[13c]1[13cH][13cH][13cH][13cH][13cH]1)C(=O)Nc1ccccc1. The van der Waals surface area contributed by atoms with Gasteiger partial charge in [-0.1, -0.05) is 62.4 Å². The van der Waals surface area contributed by atoms with Gasteiger partial charge >= 0.3 is 0 Å². The second-order valence-electron chi connectivity index (χ2n) is 5.31. The molecule has 0 fully saturated rings. The lowest BCUT2D eigenvalue weighted by Gasteiger charge is -2.10. The Hall–Kier alpha value is -2.68. The minimum atomic E-state index is -0.381. The van der Waals surface area contributed by atoms with Gasteiger partial charge in [-0.15, -0.1) is 0 Å². The molecule has 3 nitrogen and oxygen atoms in total. The largest absolute Gasteiger partial charge is 0.322 e. The molecule has 0 aliphatic carbocycles. The first-order chi connectivity index (χ1) is 10.6. The Labute approximate surface area is 130 Å². The van der Waals surface area contributed by atoms with Crippen molar-refractivity contribution in [1.29, 1.82) is 0 Å². The first-order valence-corrected chi connectivity index (χ1v) is 7.25. The Balaban J connectivity index is 2.30. The van der Waals surface area contributed by atoms with Gasteiger partial charge in [0.2, 0.25) is 0 Å². The smallest absolute Gasteiger partial charge is 0.259 e. The number of carbonyl (C=O) groups excluding carboxylic acids is 2. The molecule has 0 saturated heterocycles. The van der Waals surface area contributed by atoms with Crippen LogP contribution in [-0.2, 0) is 9.59 Å². The molecule has 0 heterocycles. The minimum Gasteiger partial charge on any atom is -0.322 e. The summed E-state index contributed by atoms with van der Waals surface area (Å²) in [6.07, 6.45) is 1.64. The predicted octanol–water partition coefficient (Wildman–Crippen LogP) is 3.93. The summed E-state index contributed by atoms with van der Waals surface area (Å²) in [6.45, 7) is 3.58. The number of amides is 1. The van der Waals surface area contributed by atoms with Crippen LogP contribution in [0.4, 0.5) is 5.69 Å². The van der Waals surface area contributed by atoms with Crippen molar-refractivity contribution >= 4 is 23.5 Å². The van der Waals surface area contributed by atoms with Crippen molar-refractivity contribution in [3.63, 3.8) is 0 Å². The molecule has 0 atom stereocenters. The predicted molar refractivity (Wildman–Crippen MR) is 89.3 cm³/mol. The molecule has 0 unspecified atom stereocenters. The standard InChI is InChI=1S/C19H19NO2/c1-14(2)18(21)17(13-15-9-5-3-6-10-15)19(22)20-16-11-7-4-8-12-16/h3-14H,1-2H3,(H,20,22)/b17-13-/i3+1,5+1,6+1,9+1,10+1,13+1,15+1. The molecule has 0 spiro atoms. The van der Waals surface area contributed by atoms with E-state index in [1.807, 2.05) is 48.5 Å². The van der Waals surface area contributed by atoms with Crippen LogP contribution in [0.5, 0.6) is 0 Å². The van der Waals surface area contributed by atoms with Gasteiger partial charge in [0, 0.05) is 11.6 Å². The van der Waals surface area contributed by atoms with Crippen molar-refractivity contribution in [2.24, 2.45) is 5.92 Å². The molecular formula is C19H19NO2. The van der Waals surface area contributed by atoms with Crippen molar-refractivity contribution in [2.75, 3.05) is 5.32 Å². The molecule has 0 saturated carbocycles. The van der Waals surface area contributed by atoms with E-state index in [1.54, 1.807) is 32.1 Å². The van der Waals surface area contributed by atoms with E-state index in [4.69, 9.17) is 0 Å². The molecule has 1 amide bonds. The lowest BCUT2D eigenvalue weighted by atomic mass is 10.0. The number of hydrogen-bond acceptors (Lipinski definition) is 2. The molecule has 112 valence electrons. The van der Waals surface area contributed by atoms with E-state index in [-0.39, 0.29) is 23.2 Å². The Morgan fingerprint density at radius 1 is 0.909 bits per heavy atom. The molecule has 0 aromatic heterocycles. The summed E-state index contributed by atoms with van der Waals surface area (Å²) in [6, 6.07) is 18.5. The van der Waals surface area contributed by atoms with Crippen LogP contribution in [0.15, 0.2) is 66.2 Å². The third-order valence-electron chi connectivity index (χ3n) is 3.18. The Bertz CT molecular complexity index is 673. The lowest BCUT2D eigenvalue weighted by molar-refractivity contribution is -0.121. The van der Waals surface area contributed by atoms with Crippen LogP contribution in [0.1, 0.15) is 19.4 Å². The number of anilines is 1. The van der Waals surface area contributed by atoms with Gasteiger partial charge < -0.3 is 5.32 Å². The third-order valence-corrected chi connectivity index (χ3v) is 3.18. The highest BCUT2D eigenvalue weighted by Gasteiger charge is 2.21. The molecular weight excluding hydrogens is 281 g/mol. The minimum absolute atomic E-state index is 0.169. The Morgan fingerprint density at radius 3 is 2.00 bits per heavy atom. The van der Waals surface area contributed by atoms with Crippen molar-refractivity contribution in [3.05, 3.63) is 71.8 Å². The summed E-state index contributed by atoms with van der Waals surface area (Å²) in [4.78, 5) is 24.8. The molecule has 0 radical (unpaired) electrons. The zero-order valence-corrected chi connectivity index (χ0v) is 12.7. The third kappa shape index (κ3) is 4.16. The van der Waals surface area contributed by atoms with E-state index < -0.39 is 0 Å². The fourth-order valence-electron chi connectivity index (χ4n) is 2.00. The normalized spacial score (nSPS) is 11.3. The summed E-state index contributed by atoms with van der Waals surface area (Å²) in [7, 11) is 0. The first kappa shape index (κ1) is 15.7. The van der Waals surface area contributed by atoms with E-state index in [1.165, 1.54) is 0 Å². The Morgan fingerprint density at radius 2 is 1.45 bits per heavy atom. The van der Waals surface area contributed by atoms with Gasteiger partial charge in [0.25, 0.3) is 5.91 Å². The molecule has 3 heteroatoms. The highest BCUT2D eigenvalue weighted by Crippen LogP contribution is 2.15. The summed E-state index contributed by atoms with van der Waals surface area (Å²) in [5.74, 6) is -0.789. The van der Waals surface area contributed by atoms with Crippen molar-refractivity contribution in [1.82, 2.24) is 0 Å². The lowest BCUT2D eigenvalue weighted by Crippen LogP contribution is -2.23. The molecule has 1 N–H and O–H groups in total. The molecule has 0 aliphatic rings. The van der Waals surface area contributed by atoms with Gasteiger partial charge in [0.05, 0.1) is 5.57 Å². The summed E-state index contributed by atoms with van der Waals surface area (Å²) >= 11 is 0. The number of Topliss-reactive ketones (excluding diaryl/α,β-unsaturated/α-hetero) is 1. The van der Waals surface area contributed by atoms with Crippen LogP contribution < -0.4 is 5.32 Å². The van der Waals surface area contributed by atoms with Crippen molar-refractivity contribution in [2.45, 2.75) is 13.8 Å². The van der Waals surface area contributed by atoms with E-state index in [2.05, 4.69) is 5.32 Å². The molecule has 22 heavy (non-hydrogen) atoms. The fraction of sp³-hybridized carbons (Fsp3) is 0.158. The van der Waals surface area contributed by atoms with Crippen LogP contribution in [0.25, 0.3) is 6.08 Å². The first-order valence-electron chi connectivity index (χ1n) is 7.25. The maximum atomic E-state index is 12.5. The maximum absolute atomic E-state index is 12.5. The van der Waals surface area contributed by atoms with Crippen LogP contribution in [0.2, 0.25) is 0 Å². The van der Waals surface area contributed by atoms with E-state index in [9.17, 15) is 9.59 Å². The van der Waals surface area contributed by atoms with Gasteiger partial charge in [0.1, 0.15) is 0 Å². The number of nitrogens with one attached hydrogen (secondary N) is 1. The van der Waals surface area contributed by atoms with Crippen LogP contribution in [0, 0.1) is 5.92 Å². The molecule has 0 aliphatic heterocycles. The van der Waals surface area contributed by atoms with E-state index in [0.717, 1.165) is 5.56 Å². The number of rotatable bonds is 5. The summed E-state index contributed by atoms with van der Waals surface area (Å²) in [5, 5.41) is 2.77. The van der Waals surface area contributed by atoms with E-state index in [0.29, 0.717) is 5.69 Å². The van der Waals surface area contributed by atoms with Crippen molar-refractivity contribution < 1.29 is 9.59 Å². The average molecular weight is 300 g/mol. The van der Waals surface area contributed by atoms with Gasteiger partial charge in [-0.05, 0) is 23.8 Å².